The lowest BCUT2D eigenvalue weighted by Gasteiger charge is -2.15. The van der Waals surface area contributed by atoms with Gasteiger partial charge in [0.1, 0.15) is 5.82 Å². The molecule has 1 rings (SSSR count). The fraction of sp³-hybridized carbons (Fsp3) is 0.692. The number of carbonyl (C=O) groups is 1. The number of aromatic nitrogens is 2. The van der Waals surface area contributed by atoms with E-state index in [1.165, 1.54) is 0 Å². The molecule has 0 aliphatic carbocycles. The third kappa shape index (κ3) is 4.87. The number of H-pyrrole nitrogens is 1. The van der Waals surface area contributed by atoms with E-state index in [9.17, 15) is 4.79 Å². The SMILES string of the molecule is CCC(CCN)CCC(=O)NC(C)c1ncc[nH]1. The molecule has 2 atom stereocenters. The monoisotopic (exact) mass is 252 g/mol. The van der Waals surface area contributed by atoms with Gasteiger partial charge in [-0.15, -0.1) is 0 Å². The van der Waals surface area contributed by atoms with Gasteiger partial charge in [-0.25, -0.2) is 4.98 Å². The number of hydrogen-bond donors (Lipinski definition) is 3. The molecule has 0 radical (unpaired) electrons. The minimum Gasteiger partial charge on any atom is -0.347 e. The molecule has 1 aromatic rings. The van der Waals surface area contributed by atoms with Gasteiger partial charge in [-0.2, -0.15) is 0 Å². The third-order valence-corrected chi connectivity index (χ3v) is 3.24. The van der Waals surface area contributed by atoms with E-state index >= 15 is 0 Å². The van der Waals surface area contributed by atoms with Crippen molar-refractivity contribution in [2.24, 2.45) is 11.7 Å². The number of nitrogens with one attached hydrogen (secondary N) is 2. The molecule has 0 saturated heterocycles. The molecular weight excluding hydrogens is 228 g/mol. The molecule has 2 unspecified atom stereocenters. The molecule has 0 fully saturated rings. The van der Waals surface area contributed by atoms with Crippen LogP contribution >= 0.6 is 0 Å². The molecule has 102 valence electrons. The maximum absolute atomic E-state index is 11.8. The maximum atomic E-state index is 11.8. The van der Waals surface area contributed by atoms with E-state index in [1.807, 2.05) is 6.92 Å². The second kappa shape index (κ2) is 7.87. The molecule has 5 nitrogen and oxygen atoms in total. The third-order valence-electron chi connectivity index (χ3n) is 3.24. The highest BCUT2D eigenvalue weighted by Gasteiger charge is 2.13. The van der Waals surface area contributed by atoms with Crippen molar-refractivity contribution in [3.63, 3.8) is 0 Å². The Bertz CT molecular complexity index is 337. The molecule has 0 aliphatic rings. The standard InChI is InChI=1S/C13H24N4O/c1-3-11(6-7-14)4-5-12(18)17-10(2)13-15-8-9-16-13/h8-11H,3-7,14H2,1-2H3,(H,15,16)(H,17,18). The van der Waals surface area contributed by atoms with E-state index in [2.05, 4.69) is 22.2 Å². The summed E-state index contributed by atoms with van der Waals surface area (Å²) in [5.74, 6) is 1.42. The zero-order chi connectivity index (χ0) is 13.4. The Balaban J connectivity index is 2.29. The molecule has 4 N–H and O–H groups in total. The van der Waals surface area contributed by atoms with E-state index in [0.717, 1.165) is 25.1 Å². The van der Waals surface area contributed by atoms with Crippen LogP contribution in [0.2, 0.25) is 0 Å². The first-order valence-corrected chi connectivity index (χ1v) is 6.66. The van der Waals surface area contributed by atoms with Gasteiger partial charge in [-0.3, -0.25) is 4.79 Å². The summed E-state index contributed by atoms with van der Waals surface area (Å²) in [6.07, 6.45) is 6.99. The van der Waals surface area contributed by atoms with Crippen LogP contribution in [0.15, 0.2) is 12.4 Å². The Morgan fingerprint density at radius 2 is 2.33 bits per heavy atom. The summed E-state index contributed by atoms with van der Waals surface area (Å²) in [7, 11) is 0. The fourth-order valence-corrected chi connectivity index (χ4v) is 2.02. The quantitative estimate of drug-likeness (QED) is 0.659. The zero-order valence-electron chi connectivity index (χ0n) is 11.3. The molecule has 0 saturated carbocycles. The van der Waals surface area contributed by atoms with Crippen LogP contribution in [-0.4, -0.2) is 22.4 Å². The number of amides is 1. The molecule has 0 spiro atoms. The van der Waals surface area contributed by atoms with Crippen molar-refractivity contribution >= 4 is 5.91 Å². The predicted octanol–water partition coefficient (Wildman–Crippen LogP) is 1.74. The van der Waals surface area contributed by atoms with Gasteiger partial charge < -0.3 is 16.0 Å². The number of hydrogen-bond acceptors (Lipinski definition) is 3. The first-order valence-electron chi connectivity index (χ1n) is 6.66. The van der Waals surface area contributed by atoms with Gasteiger partial charge in [-0.05, 0) is 32.2 Å². The van der Waals surface area contributed by atoms with Gasteiger partial charge in [0.05, 0.1) is 6.04 Å². The maximum Gasteiger partial charge on any atom is 0.220 e. The lowest BCUT2D eigenvalue weighted by molar-refractivity contribution is -0.122. The van der Waals surface area contributed by atoms with Crippen LogP contribution in [0.4, 0.5) is 0 Å². The number of imidazole rings is 1. The van der Waals surface area contributed by atoms with E-state index in [0.29, 0.717) is 18.9 Å². The summed E-state index contributed by atoms with van der Waals surface area (Å²) in [6, 6.07) is -0.0675. The van der Waals surface area contributed by atoms with Crippen LogP contribution in [0.5, 0.6) is 0 Å². The van der Waals surface area contributed by atoms with Crippen molar-refractivity contribution in [3.05, 3.63) is 18.2 Å². The Morgan fingerprint density at radius 3 is 2.89 bits per heavy atom. The van der Waals surface area contributed by atoms with E-state index < -0.39 is 0 Å². The first-order chi connectivity index (χ1) is 8.67. The van der Waals surface area contributed by atoms with Crippen LogP contribution in [0.1, 0.15) is 51.4 Å². The van der Waals surface area contributed by atoms with Gasteiger partial charge in [0.2, 0.25) is 5.91 Å². The lowest BCUT2D eigenvalue weighted by atomic mass is 9.96. The molecule has 1 amide bonds. The van der Waals surface area contributed by atoms with Crippen molar-refractivity contribution in [1.29, 1.82) is 0 Å². The summed E-state index contributed by atoms with van der Waals surface area (Å²) in [4.78, 5) is 18.9. The van der Waals surface area contributed by atoms with Gasteiger partial charge >= 0.3 is 0 Å². The lowest BCUT2D eigenvalue weighted by Crippen LogP contribution is -2.27. The Morgan fingerprint density at radius 1 is 1.56 bits per heavy atom. The van der Waals surface area contributed by atoms with Crippen molar-refractivity contribution in [3.8, 4) is 0 Å². The first kappa shape index (κ1) is 14.7. The van der Waals surface area contributed by atoms with Crippen molar-refractivity contribution in [1.82, 2.24) is 15.3 Å². The van der Waals surface area contributed by atoms with Crippen LogP contribution < -0.4 is 11.1 Å². The highest BCUT2D eigenvalue weighted by atomic mass is 16.1. The van der Waals surface area contributed by atoms with Gasteiger partial charge in [0.15, 0.2) is 0 Å². The molecular formula is C13H24N4O. The summed E-state index contributed by atoms with van der Waals surface area (Å²) < 4.78 is 0. The minimum absolute atomic E-state index is 0.0675. The number of nitrogens with two attached hydrogens (primary N) is 1. The van der Waals surface area contributed by atoms with Crippen LogP contribution in [0.25, 0.3) is 0 Å². The Hall–Kier alpha value is -1.36. The van der Waals surface area contributed by atoms with Gasteiger partial charge in [-0.1, -0.05) is 13.3 Å². The second-order valence-corrected chi connectivity index (χ2v) is 4.65. The number of carbonyl (C=O) groups excluding carboxylic acids is 1. The van der Waals surface area contributed by atoms with E-state index in [1.54, 1.807) is 12.4 Å². The van der Waals surface area contributed by atoms with Crippen molar-refractivity contribution in [2.75, 3.05) is 6.54 Å². The Kier molecular flexibility index (Phi) is 6.43. The fourth-order valence-electron chi connectivity index (χ4n) is 2.02. The normalized spacial score (nSPS) is 14.2. The molecule has 1 aromatic heterocycles. The smallest absolute Gasteiger partial charge is 0.220 e. The average molecular weight is 252 g/mol. The second-order valence-electron chi connectivity index (χ2n) is 4.65. The largest absolute Gasteiger partial charge is 0.347 e. The number of rotatable bonds is 8. The van der Waals surface area contributed by atoms with E-state index in [-0.39, 0.29) is 11.9 Å². The highest BCUT2D eigenvalue weighted by Crippen LogP contribution is 2.15. The molecule has 0 aromatic carbocycles. The number of nitrogens with zero attached hydrogens (tertiary/aromatic N) is 1. The van der Waals surface area contributed by atoms with Crippen LogP contribution in [0, 0.1) is 5.92 Å². The summed E-state index contributed by atoms with van der Waals surface area (Å²) in [6.45, 7) is 4.76. The zero-order valence-corrected chi connectivity index (χ0v) is 11.3. The summed E-state index contributed by atoms with van der Waals surface area (Å²) in [5, 5.41) is 2.94. The van der Waals surface area contributed by atoms with E-state index in [4.69, 9.17) is 5.73 Å². The molecule has 0 bridgehead atoms. The van der Waals surface area contributed by atoms with Crippen molar-refractivity contribution < 1.29 is 4.79 Å². The molecule has 0 aliphatic heterocycles. The highest BCUT2D eigenvalue weighted by molar-refractivity contribution is 5.76. The average Bonchev–Trinajstić information content (AvgIpc) is 2.88. The summed E-state index contributed by atoms with van der Waals surface area (Å²) in [5.41, 5.74) is 5.54. The van der Waals surface area contributed by atoms with Crippen LogP contribution in [-0.2, 0) is 4.79 Å². The number of aromatic amines is 1. The minimum atomic E-state index is -0.0675. The molecule has 1 heterocycles. The van der Waals surface area contributed by atoms with Crippen LogP contribution in [0.3, 0.4) is 0 Å². The summed E-state index contributed by atoms with van der Waals surface area (Å²) >= 11 is 0. The Labute approximate surface area is 109 Å². The van der Waals surface area contributed by atoms with Gasteiger partial charge in [0, 0.05) is 18.8 Å². The van der Waals surface area contributed by atoms with Gasteiger partial charge in [0.25, 0.3) is 0 Å². The predicted molar refractivity (Wildman–Crippen MR) is 71.8 cm³/mol. The topological polar surface area (TPSA) is 83.8 Å². The molecule has 18 heavy (non-hydrogen) atoms. The van der Waals surface area contributed by atoms with Crippen molar-refractivity contribution in [2.45, 2.75) is 45.6 Å². The molecule has 5 heteroatoms.